The second-order valence-electron chi connectivity index (χ2n) is 4.73. The standard InChI is InChI=1S/C14H18N2O3/c1-12(11-15-9-3-2-4-10-15)19-14-7-5-13(6-8-14)16(17)18/h5-8H,1-4,9-11H2. The van der Waals surface area contributed by atoms with Gasteiger partial charge >= 0.3 is 0 Å². The summed E-state index contributed by atoms with van der Waals surface area (Å²) in [5.74, 6) is 1.27. The molecule has 0 bridgehead atoms. The van der Waals surface area contributed by atoms with Crippen molar-refractivity contribution in [1.29, 1.82) is 0 Å². The normalized spacial score (nSPS) is 16.0. The molecular weight excluding hydrogens is 244 g/mol. The summed E-state index contributed by atoms with van der Waals surface area (Å²) in [6, 6.07) is 6.06. The molecule has 0 atom stereocenters. The molecule has 1 aliphatic heterocycles. The molecule has 1 aliphatic rings. The van der Waals surface area contributed by atoms with E-state index in [9.17, 15) is 10.1 Å². The van der Waals surface area contributed by atoms with Gasteiger partial charge < -0.3 is 4.74 Å². The number of nitro benzene ring substituents is 1. The van der Waals surface area contributed by atoms with Crippen LogP contribution >= 0.6 is 0 Å². The van der Waals surface area contributed by atoms with Crippen LogP contribution in [0.5, 0.6) is 5.75 Å². The third-order valence-electron chi connectivity index (χ3n) is 3.16. The van der Waals surface area contributed by atoms with Crippen LogP contribution in [0.15, 0.2) is 36.6 Å². The number of piperidine rings is 1. The maximum atomic E-state index is 10.5. The molecule has 1 aromatic rings. The first kappa shape index (κ1) is 13.5. The van der Waals surface area contributed by atoms with Crippen LogP contribution < -0.4 is 4.74 Å². The molecule has 5 heteroatoms. The minimum Gasteiger partial charge on any atom is -0.461 e. The number of ether oxygens (including phenoxy) is 1. The minimum absolute atomic E-state index is 0.0639. The zero-order valence-corrected chi connectivity index (χ0v) is 10.9. The number of likely N-dealkylation sites (tertiary alicyclic amines) is 1. The zero-order chi connectivity index (χ0) is 13.7. The van der Waals surface area contributed by atoms with E-state index in [2.05, 4.69) is 11.5 Å². The van der Waals surface area contributed by atoms with Crippen LogP contribution in [-0.2, 0) is 0 Å². The Labute approximate surface area is 112 Å². The molecule has 1 saturated heterocycles. The number of non-ortho nitro benzene ring substituents is 1. The Morgan fingerprint density at radius 2 is 1.89 bits per heavy atom. The van der Waals surface area contributed by atoms with Crippen molar-refractivity contribution in [2.24, 2.45) is 0 Å². The van der Waals surface area contributed by atoms with Crippen LogP contribution in [0.4, 0.5) is 5.69 Å². The lowest BCUT2D eigenvalue weighted by atomic mass is 10.1. The predicted molar refractivity (Wildman–Crippen MR) is 73.2 cm³/mol. The lowest BCUT2D eigenvalue weighted by Crippen LogP contribution is -2.32. The van der Waals surface area contributed by atoms with Gasteiger partial charge in [-0.2, -0.15) is 0 Å². The Bertz CT molecular complexity index is 450. The van der Waals surface area contributed by atoms with Crippen molar-refractivity contribution in [3.05, 3.63) is 46.7 Å². The minimum atomic E-state index is -0.424. The fraction of sp³-hybridized carbons (Fsp3) is 0.429. The molecule has 0 saturated carbocycles. The number of rotatable bonds is 5. The molecule has 5 nitrogen and oxygen atoms in total. The van der Waals surface area contributed by atoms with Crippen molar-refractivity contribution in [2.45, 2.75) is 19.3 Å². The van der Waals surface area contributed by atoms with Crippen LogP contribution in [0.2, 0.25) is 0 Å². The summed E-state index contributed by atoms with van der Waals surface area (Å²) in [4.78, 5) is 12.4. The average Bonchev–Trinajstić information content (AvgIpc) is 2.40. The second kappa shape index (κ2) is 6.33. The van der Waals surface area contributed by atoms with Crippen LogP contribution in [0.1, 0.15) is 19.3 Å². The molecule has 0 aliphatic carbocycles. The number of hydrogen-bond donors (Lipinski definition) is 0. The van der Waals surface area contributed by atoms with Gasteiger partial charge in [-0.3, -0.25) is 15.0 Å². The van der Waals surface area contributed by atoms with Crippen molar-refractivity contribution >= 4 is 5.69 Å². The zero-order valence-electron chi connectivity index (χ0n) is 10.9. The molecule has 19 heavy (non-hydrogen) atoms. The van der Waals surface area contributed by atoms with Gasteiger partial charge in [-0.1, -0.05) is 13.0 Å². The molecule has 0 unspecified atom stereocenters. The van der Waals surface area contributed by atoms with E-state index in [0.717, 1.165) is 19.6 Å². The van der Waals surface area contributed by atoms with E-state index in [4.69, 9.17) is 4.74 Å². The Morgan fingerprint density at radius 1 is 1.26 bits per heavy atom. The molecule has 0 radical (unpaired) electrons. The molecule has 1 aromatic carbocycles. The van der Waals surface area contributed by atoms with Crippen molar-refractivity contribution < 1.29 is 9.66 Å². The molecule has 1 heterocycles. The van der Waals surface area contributed by atoms with E-state index in [-0.39, 0.29) is 5.69 Å². The number of nitro groups is 1. The van der Waals surface area contributed by atoms with Crippen molar-refractivity contribution in [3.8, 4) is 5.75 Å². The summed E-state index contributed by atoms with van der Waals surface area (Å²) < 4.78 is 5.59. The van der Waals surface area contributed by atoms with Crippen molar-refractivity contribution in [3.63, 3.8) is 0 Å². The number of hydrogen-bond acceptors (Lipinski definition) is 4. The molecule has 0 N–H and O–H groups in total. The highest BCUT2D eigenvalue weighted by atomic mass is 16.6. The van der Waals surface area contributed by atoms with Gasteiger partial charge in [0.1, 0.15) is 11.5 Å². The molecule has 2 rings (SSSR count). The second-order valence-corrected chi connectivity index (χ2v) is 4.73. The lowest BCUT2D eigenvalue weighted by molar-refractivity contribution is -0.384. The van der Waals surface area contributed by atoms with Gasteiger partial charge in [-0.05, 0) is 38.1 Å². The highest BCUT2D eigenvalue weighted by Gasteiger charge is 2.12. The van der Waals surface area contributed by atoms with E-state index < -0.39 is 4.92 Å². The molecule has 102 valence electrons. The van der Waals surface area contributed by atoms with E-state index in [1.807, 2.05) is 0 Å². The number of benzene rings is 1. The third-order valence-corrected chi connectivity index (χ3v) is 3.16. The Hall–Kier alpha value is -1.88. The fourth-order valence-electron chi connectivity index (χ4n) is 2.20. The van der Waals surface area contributed by atoms with Gasteiger partial charge in [0.25, 0.3) is 5.69 Å². The topological polar surface area (TPSA) is 55.6 Å². The molecule has 1 fully saturated rings. The molecule has 0 spiro atoms. The van der Waals surface area contributed by atoms with Gasteiger partial charge in [0.15, 0.2) is 0 Å². The highest BCUT2D eigenvalue weighted by molar-refractivity contribution is 5.36. The summed E-state index contributed by atoms with van der Waals surface area (Å²) in [5, 5.41) is 10.5. The first-order valence-electron chi connectivity index (χ1n) is 6.47. The Kier molecular flexibility index (Phi) is 4.52. The SMILES string of the molecule is C=C(CN1CCCCC1)Oc1ccc([N+](=O)[O-])cc1. The molecular formula is C14H18N2O3. The monoisotopic (exact) mass is 262 g/mol. The third kappa shape index (κ3) is 4.06. The molecule has 0 amide bonds. The van der Waals surface area contributed by atoms with Gasteiger partial charge in [-0.25, -0.2) is 0 Å². The van der Waals surface area contributed by atoms with Crippen LogP contribution in [0.3, 0.4) is 0 Å². The summed E-state index contributed by atoms with van der Waals surface area (Å²) in [5.41, 5.74) is 0.0639. The first-order valence-corrected chi connectivity index (χ1v) is 6.47. The van der Waals surface area contributed by atoms with E-state index >= 15 is 0 Å². The fourth-order valence-corrected chi connectivity index (χ4v) is 2.20. The Morgan fingerprint density at radius 3 is 2.47 bits per heavy atom. The highest BCUT2D eigenvalue weighted by Crippen LogP contribution is 2.19. The van der Waals surface area contributed by atoms with Gasteiger partial charge in [0.05, 0.1) is 11.5 Å². The number of nitrogens with zero attached hydrogens (tertiary/aromatic N) is 2. The van der Waals surface area contributed by atoms with Gasteiger partial charge in [0, 0.05) is 12.1 Å². The maximum absolute atomic E-state index is 10.5. The lowest BCUT2D eigenvalue weighted by Gasteiger charge is -2.26. The van der Waals surface area contributed by atoms with Crippen LogP contribution in [0.25, 0.3) is 0 Å². The van der Waals surface area contributed by atoms with Crippen LogP contribution in [-0.4, -0.2) is 29.5 Å². The molecule has 0 aromatic heterocycles. The average molecular weight is 262 g/mol. The van der Waals surface area contributed by atoms with E-state index in [1.54, 1.807) is 12.1 Å². The largest absolute Gasteiger partial charge is 0.461 e. The predicted octanol–water partition coefficient (Wildman–Crippen LogP) is 2.97. The van der Waals surface area contributed by atoms with Gasteiger partial charge in [-0.15, -0.1) is 0 Å². The maximum Gasteiger partial charge on any atom is 0.269 e. The van der Waals surface area contributed by atoms with Gasteiger partial charge in [0.2, 0.25) is 0 Å². The Balaban J connectivity index is 1.85. The first-order chi connectivity index (χ1) is 9.15. The summed E-state index contributed by atoms with van der Waals surface area (Å²) in [6.45, 7) is 6.79. The van der Waals surface area contributed by atoms with Crippen molar-refractivity contribution in [2.75, 3.05) is 19.6 Å². The van der Waals surface area contributed by atoms with E-state index in [1.165, 1.54) is 31.4 Å². The van der Waals surface area contributed by atoms with Crippen molar-refractivity contribution in [1.82, 2.24) is 4.90 Å². The summed E-state index contributed by atoms with van der Waals surface area (Å²) in [7, 11) is 0. The quantitative estimate of drug-likeness (QED) is 0.465. The smallest absolute Gasteiger partial charge is 0.269 e. The van der Waals surface area contributed by atoms with Crippen LogP contribution in [0, 0.1) is 10.1 Å². The summed E-state index contributed by atoms with van der Waals surface area (Å²) >= 11 is 0. The summed E-state index contributed by atoms with van der Waals surface area (Å²) in [6.07, 6.45) is 3.75. The van der Waals surface area contributed by atoms with E-state index in [0.29, 0.717) is 11.5 Å².